The van der Waals surface area contributed by atoms with Crippen molar-refractivity contribution in [2.45, 2.75) is 39.3 Å². The molecule has 1 N–H and O–H groups in total. The van der Waals surface area contributed by atoms with Crippen LogP contribution in [0.15, 0.2) is 23.9 Å². The van der Waals surface area contributed by atoms with E-state index >= 15 is 0 Å². The Hall–Kier alpha value is -1.58. The number of rotatable bonds is 4. The molecule has 1 aliphatic heterocycles. The van der Waals surface area contributed by atoms with E-state index in [0.29, 0.717) is 12.8 Å². The molecule has 16 heavy (non-hydrogen) atoms. The van der Waals surface area contributed by atoms with Crippen LogP contribution in [0.1, 0.15) is 27.2 Å². The van der Waals surface area contributed by atoms with Crippen molar-refractivity contribution in [3.8, 4) is 0 Å². The normalized spacial score (nSPS) is 25.9. The topological polar surface area (TPSA) is 49.4 Å². The molecule has 0 radical (unpaired) electrons. The largest absolute Gasteiger partial charge is 0.352 e. The highest BCUT2D eigenvalue weighted by Gasteiger charge is 2.32. The summed E-state index contributed by atoms with van der Waals surface area (Å²) in [6, 6.07) is -0.232. The van der Waals surface area contributed by atoms with Gasteiger partial charge in [0, 0.05) is 12.2 Å². The number of carbonyl (C=O) groups excluding carboxylic acids is 2. The summed E-state index contributed by atoms with van der Waals surface area (Å²) in [5.41, 5.74) is 1.05. The first-order chi connectivity index (χ1) is 7.58. The van der Waals surface area contributed by atoms with Gasteiger partial charge in [-0.1, -0.05) is 11.6 Å². The van der Waals surface area contributed by atoms with Crippen LogP contribution in [0.2, 0.25) is 0 Å². The van der Waals surface area contributed by atoms with E-state index in [2.05, 4.69) is 5.32 Å². The second kappa shape index (κ2) is 5.49. The van der Waals surface area contributed by atoms with E-state index in [4.69, 9.17) is 0 Å². The van der Waals surface area contributed by atoms with Crippen molar-refractivity contribution < 1.29 is 9.59 Å². The molecule has 0 aromatic rings. The van der Waals surface area contributed by atoms with Crippen molar-refractivity contribution in [3.05, 3.63) is 23.9 Å². The molecule has 0 bridgehead atoms. The minimum Gasteiger partial charge on any atom is -0.352 e. The third kappa shape index (κ3) is 2.95. The van der Waals surface area contributed by atoms with Gasteiger partial charge in [-0.2, -0.15) is 0 Å². The maximum Gasteiger partial charge on any atom is 0.243 e. The monoisotopic (exact) mass is 222 g/mol. The fraction of sp³-hybridized carbons (Fsp3) is 0.500. The second-order valence-electron chi connectivity index (χ2n) is 4.06. The molecule has 0 aromatic carbocycles. The molecule has 4 nitrogen and oxygen atoms in total. The zero-order valence-electron chi connectivity index (χ0n) is 9.93. The van der Waals surface area contributed by atoms with Crippen LogP contribution in [0, 0.1) is 0 Å². The van der Waals surface area contributed by atoms with Gasteiger partial charge in [-0.05, 0) is 33.3 Å². The van der Waals surface area contributed by atoms with Crippen molar-refractivity contribution in [1.82, 2.24) is 10.2 Å². The number of carbonyl (C=O) groups is 2. The zero-order valence-corrected chi connectivity index (χ0v) is 9.93. The second-order valence-corrected chi connectivity index (χ2v) is 4.06. The Bertz CT molecular complexity index is 334. The predicted molar refractivity (Wildman–Crippen MR) is 62.5 cm³/mol. The molecular weight excluding hydrogens is 204 g/mol. The molecule has 1 aliphatic rings. The van der Waals surface area contributed by atoms with Gasteiger partial charge >= 0.3 is 0 Å². The lowest BCUT2D eigenvalue weighted by atomic mass is 10.1. The lowest BCUT2D eigenvalue weighted by Crippen LogP contribution is -2.36. The maximum atomic E-state index is 11.5. The maximum absolute atomic E-state index is 11.5. The molecule has 4 heteroatoms. The Morgan fingerprint density at radius 3 is 2.69 bits per heavy atom. The number of allylic oxidation sites excluding steroid dienone is 3. The molecule has 1 heterocycles. The quantitative estimate of drug-likeness (QED) is 0.574. The van der Waals surface area contributed by atoms with Crippen molar-refractivity contribution in [2.75, 3.05) is 0 Å². The molecular formula is C12H18N2O2. The van der Waals surface area contributed by atoms with Gasteiger partial charge in [0.05, 0.1) is 0 Å². The van der Waals surface area contributed by atoms with E-state index in [0.717, 1.165) is 5.57 Å². The Morgan fingerprint density at radius 1 is 1.56 bits per heavy atom. The molecule has 1 rings (SSSR count). The summed E-state index contributed by atoms with van der Waals surface area (Å²) in [7, 11) is 0. The van der Waals surface area contributed by atoms with E-state index in [1.807, 2.05) is 32.9 Å². The van der Waals surface area contributed by atoms with E-state index in [9.17, 15) is 9.59 Å². The van der Waals surface area contributed by atoms with Gasteiger partial charge in [0.2, 0.25) is 12.3 Å². The first-order valence-corrected chi connectivity index (χ1v) is 5.42. The number of nitrogens with zero attached hydrogens (tertiary/aromatic N) is 1. The molecule has 1 saturated heterocycles. The minimum absolute atomic E-state index is 0.0811. The molecule has 0 saturated carbocycles. The number of hydrogen-bond acceptors (Lipinski definition) is 2. The van der Waals surface area contributed by atoms with Gasteiger partial charge in [0.25, 0.3) is 0 Å². The van der Waals surface area contributed by atoms with Gasteiger partial charge in [0.15, 0.2) is 0 Å². The minimum atomic E-state index is -0.367. The fourth-order valence-corrected chi connectivity index (χ4v) is 1.61. The van der Waals surface area contributed by atoms with Crippen LogP contribution < -0.4 is 5.32 Å². The third-order valence-corrected chi connectivity index (χ3v) is 2.71. The standard InChI is InChI=1S/C12H18N2O2/c1-4-9(2)5-6-14(8-15)11-7-10(3)13-12(11)16/h4-6,8,10-11H,7H2,1-3H3,(H,13,16)/b6-5-,9-4-. The average molecular weight is 222 g/mol. The SMILES string of the molecule is C/C=C(C)\C=C/N(C=O)C1CC(C)NC1=O. The molecule has 0 spiro atoms. The zero-order chi connectivity index (χ0) is 12.1. The average Bonchev–Trinajstić information content (AvgIpc) is 2.59. The van der Waals surface area contributed by atoms with Crippen molar-refractivity contribution in [2.24, 2.45) is 0 Å². The van der Waals surface area contributed by atoms with Gasteiger partial charge in [-0.25, -0.2) is 0 Å². The van der Waals surface area contributed by atoms with Crippen LogP contribution >= 0.6 is 0 Å². The first-order valence-electron chi connectivity index (χ1n) is 5.42. The van der Waals surface area contributed by atoms with Gasteiger partial charge in [0.1, 0.15) is 6.04 Å². The van der Waals surface area contributed by atoms with Crippen molar-refractivity contribution in [1.29, 1.82) is 0 Å². The molecule has 2 amide bonds. The highest BCUT2D eigenvalue weighted by molar-refractivity contribution is 5.86. The fourth-order valence-electron chi connectivity index (χ4n) is 1.61. The summed E-state index contributed by atoms with van der Waals surface area (Å²) < 4.78 is 0. The van der Waals surface area contributed by atoms with Crippen LogP contribution in [0.4, 0.5) is 0 Å². The number of nitrogens with one attached hydrogen (secondary N) is 1. The molecule has 0 aliphatic carbocycles. The summed E-state index contributed by atoms with van der Waals surface area (Å²) >= 11 is 0. The summed E-state index contributed by atoms with van der Waals surface area (Å²) in [5, 5.41) is 2.80. The highest BCUT2D eigenvalue weighted by Crippen LogP contribution is 2.14. The van der Waals surface area contributed by atoms with Gasteiger partial charge < -0.3 is 10.2 Å². The van der Waals surface area contributed by atoms with Gasteiger partial charge in [-0.3, -0.25) is 9.59 Å². The Morgan fingerprint density at radius 2 is 2.25 bits per heavy atom. The smallest absolute Gasteiger partial charge is 0.243 e. The molecule has 2 unspecified atom stereocenters. The summed E-state index contributed by atoms with van der Waals surface area (Å²) in [6.07, 6.45) is 6.78. The molecule has 88 valence electrons. The highest BCUT2D eigenvalue weighted by atomic mass is 16.2. The van der Waals surface area contributed by atoms with E-state index in [1.54, 1.807) is 6.20 Å². The Kier molecular flexibility index (Phi) is 4.28. The van der Waals surface area contributed by atoms with Crippen LogP contribution in [-0.4, -0.2) is 29.3 Å². The third-order valence-electron chi connectivity index (χ3n) is 2.71. The molecule has 2 atom stereocenters. The van der Waals surface area contributed by atoms with Crippen LogP contribution in [-0.2, 0) is 9.59 Å². The number of amides is 2. The first kappa shape index (κ1) is 12.5. The van der Waals surface area contributed by atoms with Crippen LogP contribution in [0.25, 0.3) is 0 Å². The van der Waals surface area contributed by atoms with Crippen molar-refractivity contribution in [3.63, 3.8) is 0 Å². The van der Waals surface area contributed by atoms with Crippen molar-refractivity contribution >= 4 is 12.3 Å². The Labute approximate surface area is 96.0 Å². The Balaban J connectivity index is 2.72. The number of hydrogen-bond donors (Lipinski definition) is 1. The van der Waals surface area contributed by atoms with Crippen LogP contribution in [0.5, 0.6) is 0 Å². The van der Waals surface area contributed by atoms with E-state index < -0.39 is 0 Å². The predicted octanol–water partition coefficient (Wildman–Crippen LogP) is 1.20. The lowest BCUT2D eigenvalue weighted by Gasteiger charge is -2.17. The van der Waals surface area contributed by atoms with E-state index in [-0.39, 0.29) is 18.0 Å². The van der Waals surface area contributed by atoms with E-state index in [1.165, 1.54) is 4.90 Å². The summed E-state index contributed by atoms with van der Waals surface area (Å²) in [5.74, 6) is -0.0811. The summed E-state index contributed by atoms with van der Waals surface area (Å²) in [6.45, 7) is 5.80. The van der Waals surface area contributed by atoms with Gasteiger partial charge in [-0.15, -0.1) is 0 Å². The molecule has 1 fully saturated rings. The van der Waals surface area contributed by atoms with Crippen LogP contribution in [0.3, 0.4) is 0 Å². The molecule has 0 aromatic heterocycles. The lowest BCUT2D eigenvalue weighted by molar-refractivity contribution is -0.128. The summed E-state index contributed by atoms with van der Waals surface area (Å²) in [4.78, 5) is 23.9.